The molecule has 1 fully saturated rings. The topological polar surface area (TPSA) is 66.3 Å². The van der Waals surface area contributed by atoms with Gasteiger partial charge in [-0.1, -0.05) is 6.07 Å². The molecular formula is C14H15N3O2S. The summed E-state index contributed by atoms with van der Waals surface area (Å²) >= 11 is 1.43. The Hall–Kier alpha value is -1.79. The highest BCUT2D eigenvalue weighted by atomic mass is 32.1. The first-order chi connectivity index (χ1) is 9.74. The van der Waals surface area contributed by atoms with Gasteiger partial charge in [-0.2, -0.15) is 0 Å². The van der Waals surface area contributed by atoms with E-state index >= 15 is 0 Å². The highest BCUT2D eigenvalue weighted by Crippen LogP contribution is 2.28. The molecule has 3 heterocycles. The number of carboxylic acid groups (broad SMARTS) is 1. The predicted molar refractivity (Wildman–Crippen MR) is 76.8 cm³/mol. The normalized spacial score (nSPS) is 15.6. The van der Waals surface area contributed by atoms with E-state index in [-0.39, 0.29) is 5.69 Å². The molecule has 104 valence electrons. The summed E-state index contributed by atoms with van der Waals surface area (Å²) in [4.78, 5) is 22.9. The molecule has 0 aromatic carbocycles. The molecule has 20 heavy (non-hydrogen) atoms. The van der Waals surface area contributed by atoms with Gasteiger partial charge in [-0.15, -0.1) is 11.3 Å². The average Bonchev–Trinajstić information content (AvgIpc) is 3.10. The van der Waals surface area contributed by atoms with Crippen molar-refractivity contribution in [2.75, 3.05) is 13.1 Å². The molecule has 0 amide bonds. The van der Waals surface area contributed by atoms with Crippen LogP contribution >= 0.6 is 11.3 Å². The maximum Gasteiger partial charge on any atom is 0.355 e. The van der Waals surface area contributed by atoms with Crippen molar-refractivity contribution in [2.24, 2.45) is 0 Å². The Morgan fingerprint density at radius 3 is 2.80 bits per heavy atom. The highest BCUT2D eigenvalue weighted by molar-refractivity contribution is 7.15. The first-order valence-electron chi connectivity index (χ1n) is 6.61. The number of pyridine rings is 1. The van der Waals surface area contributed by atoms with Crippen LogP contribution in [0, 0.1) is 0 Å². The number of rotatable bonds is 4. The monoisotopic (exact) mass is 289 g/mol. The SMILES string of the molecule is O=C(O)c1nc(-c2ccccn2)sc1CN1CCCC1. The maximum atomic E-state index is 11.3. The quantitative estimate of drug-likeness (QED) is 0.936. The van der Waals surface area contributed by atoms with Crippen LogP contribution in [0.2, 0.25) is 0 Å². The number of nitrogens with zero attached hydrogens (tertiary/aromatic N) is 3. The molecule has 1 saturated heterocycles. The van der Waals surface area contributed by atoms with Crippen molar-refractivity contribution >= 4 is 17.3 Å². The predicted octanol–water partition coefficient (Wildman–Crippen LogP) is 2.50. The molecule has 0 unspecified atom stereocenters. The van der Waals surface area contributed by atoms with Gasteiger partial charge in [0.2, 0.25) is 0 Å². The fourth-order valence-corrected chi connectivity index (χ4v) is 3.44. The van der Waals surface area contributed by atoms with Gasteiger partial charge in [-0.25, -0.2) is 9.78 Å². The lowest BCUT2D eigenvalue weighted by atomic mass is 10.3. The summed E-state index contributed by atoms with van der Waals surface area (Å²) in [6.45, 7) is 2.75. The van der Waals surface area contributed by atoms with Crippen LogP contribution in [-0.4, -0.2) is 39.0 Å². The second kappa shape index (κ2) is 5.68. The molecular weight excluding hydrogens is 274 g/mol. The van der Waals surface area contributed by atoms with Gasteiger partial charge in [0.15, 0.2) is 5.69 Å². The zero-order chi connectivity index (χ0) is 13.9. The minimum atomic E-state index is -0.961. The van der Waals surface area contributed by atoms with Crippen molar-refractivity contribution in [2.45, 2.75) is 19.4 Å². The molecule has 2 aromatic heterocycles. The van der Waals surface area contributed by atoms with Crippen LogP contribution in [0.5, 0.6) is 0 Å². The van der Waals surface area contributed by atoms with Gasteiger partial charge in [0.25, 0.3) is 0 Å². The van der Waals surface area contributed by atoms with Crippen molar-refractivity contribution in [3.05, 3.63) is 35.0 Å². The van der Waals surface area contributed by atoms with Gasteiger partial charge >= 0.3 is 5.97 Å². The van der Waals surface area contributed by atoms with E-state index < -0.39 is 5.97 Å². The Bertz CT molecular complexity index is 606. The second-order valence-corrected chi connectivity index (χ2v) is 5.88. The number of aromatic nitrogens is 2. The molecule has 5 nitrogen and oxygen atoms in total. The van der Waals surface area contributed by atoms with E-state index in [1.54, 1.807) is 6.20 Å². The van der Waals surface area contributed by atoms with Gasteiger partial charge in [0, 0.05) is 12.7 Å². The van der Waals surface area contributed by atoms with Gasteiger partial charge < -0.3 is 5.11 Å². The Kier molecular flexibility index (Phi) is 3.75. The van der Waals surface area contributed by atoms with Crippen molar-refractivity contribution in [1.82, 2.24) is 14.9 Å². The van der Waals surface area contributed by atoms with Crippen molar-refractivity contribution in [3.63, 3.8) is 0 Å². The van der Waals surface area contributed by atoms with Crippen LogP contribution in [0.25, 0.3) is 10.7 Å². The number of thiazole rings is 1. The Morgan fingerprint density at radius 2 is 2.15 bits per heavy atom. The zero-order valence-corrected chi connectivity index (χ0v) is 11.8. The summed E-state index contributed by atoms with van der Waals surface area (Å²) in [5.74, 6) is -0.961. The minimum Gasteiger partial charge on any atom is -0.476 e. The summed E-state index contributed by atoms with van der Waals surface area (Å²) in [5.41, 5.74) is 0.898. The first-order valence-corrected chi connectivity index (χ1v) is 7.42. The van der Waals surface area contributed by atoms with Gasteiger partial charge in [0.1, 0.15) is 5.01 Å². The molecule has 0 atom stereocenters. The fourth-order valence-electron chi connectivity index (χ4n) is 2.37. The van der Waals surface area contributed by atoms with Crippen LogP contribution in [-0.2, 0) is 6.54 Å². The van der Waals surface area contributed by atoms with Crippen LogP contribution in [0.1, 0.15) is 28.2 Å². The number of likely N-dealkylation sites (tertiary alicyclic amines) is 1. The van der Waals surface area contributed by atoms with Crippen LogP contribution < -0.4 is 0 Å². The van der Waals surface area contributed by atoms with E-state index in [1.807, 2.05) is 18.2 Å². The maximum absolute atomic E-state index is 11.3. The van der Waals surface area contributed by atoms with Crippen molar-refractivity contribution in [1.29, 1.82) is 0 Å². The lowest BCUT2D eigenvalue weighted by Crippen LogP contribution is -2.19. The van der Waals surface area contributed by atoms with Crippen LogP contribution in [0.15, 0.2) is 24.4 Å². The highest BCUT2D eigenvalue weighted by Gasteiger charge is 2.22. The molecule has 1 aliphatic heterocycles. The molecule has 6 heteroatoms. The molecule has 2 aromatic rings. The Morgan fingerprint density at radius 1 is 1.35 bits per heavy atom. The number of hydrogen-bond donors (Lipinski definition) is 1. The van der Waals surface area contributed by atoms with Crippen LogP contribution in [0.4, 0.5) is 0 Å². The van der Waals surface area contributed by atoms with E-state index in [1.165, 1.54) is 24.2 Å². The lowest BCUT2D eigenvalue weighted by molar-refractivity contribution is 0.0689. The number of hydrogen-bond acceptors (Lipinski definition) is 5. The summed E-state index contributed by atoms with van der Waals surface area (Å²) < 4.78 is 0. The summed E-state index contributed by atoms with van der Waals surface area (Å²) in [6.07, 6.45) is 4.07. The summed E-state index contributed by atoms with van der Waals surface area (Å²) in [6, 6.07) is 5.56. The average molecular weight is 289 g/mol. The van der Waals surface area contributed by atoms with Crippen molar-refractivity contribution < 1.29 is 9.90 Å². The molecule has 1 aliphatic rings. The Balaban J connectivity index is 1.92. The molecule has 1 N–H and O–H groups in total. The number of aromatic carboxylic acids is 1. The van der Waals surface area contributed by atoms with Crippen molar-refractivity contribution in [3.8, 4) is 10.7 Å². The van der Waals surface area contributed by atoms with E-state index in [2.05, 4.69) is 14.9 Å². The lowest BCUT2D eigenvalue weighted by Gasteiger charge is -2.12. The second-order valence-electron chi connectivity index (χ2n) is 4.79. The zero-order valence-electron chi connectivity index (χ0n) is 11.0. The Labute approximate surface area is 120 Å². The third kappa shape index (κ3) is 2.71. The fraction of sp³-hybridized carbons (Fsp3) is 0.357. The van der Waals surface area contributed by atoms with Gasteiger partial charge in [-0.05, 0) is 38.1 Å². The number of carbonyl (C=O) groups is 1. The smallest absolute Gasteiger partial charge is 0.355 e. The third-order valence-electron chi connectivity index (χ3n) is 3.35. The third-order valence-corrected chi connectivity index (χ3v) is 4.41. The largest absolute Gasteiger partial charge is 0.476 e. The van der Waals surface area contributed by atoms with E-state index in [9.17, 15) is 9.90 Å². The standard InChI is InChI=1S/C14H15N3O2S/c18-14(19)12-11(9-17-7-3-4-8-17)20-13(16-12)10-5-1-2-6-15-10/h1-2,5-6H,3-4,7-9H2,(H,18,19). The van der Waals surface area contributed by atoms with Gasteiger partial charge in [-0.3, -0.25) is 9.88 Å². The van der Waals surface area contributed by atoms with E-state index in [0.29, 0.717) is 11.6 Å². The van der Waals surface area contributed by atoms with Gasteiger partial charge in [0.05, 0.1) is 10.6 Å². The molecule has 0 aliphatic carbocycles. The minimum absolute atomic E-state index is 0.169. The summed E-state index contributed by atoms with van der Waals surface area (Å²) in [5, 5.41) is 9.98. The molecule has 0 saturated carbocycles. The van der Waals surface area contributed by atoms with Crippen LogP contribution in [0.3, 0.4) is 0 Å². The molecule has 3 rings (SSSR count). The molecule has 0 spiro atoms. The first kappa shape index (κ1) is 13.2. The van der Waals surface area contributed by atoms with E-state index in [4.69, 9.17) is 0 Å². The molecule has 0 radical (unpaired) electrons. The number of carboxylic acids is 1. The summed E-state index contributed by atoms with van der Waals surface area (Å²) in [7, 11) is 0. The molecule has 0 bridgehead atoms. The van der Waals surface area contributed by atoms with E-state index in [0.717, 1.165) is 23.7 Å².